The summed E-state index contributed by atoms with van der Waals surface area (Å²) in [6.07, 6.45) is -0.557. The van der Waals surface area contributed by atoms with Gasteiger partial charge in [-0.1, -0.05) is 0 Å². The fourth-order valence-electron chi connectivity index (χ4n) is 2.06. The summed E-state index contributed by atoms with van der Waals surface area (Å²) >= 11 is 0. The molecule has 0 aliphatic rings. The standard InChI is InChI=1S/C20H35NO8/c1-18(2,3)27-15(24)12(10-11-13(22)23)21-14(16(25)28-19(4,5)6)17(26)29-20(7,8)9/h12,14,21H,10-11H2,1-9H3,(H,22,23). The Bertz CT molecular complexity index is 579. The maximum Gasteiger partial charge on any atom is 0.335 e. The van der Waals surface area contributed by atoms with Crippen LogP contribution in [0.2, 0.25) is 0 Å². The summed E-state index contributed by atoms with van der Waals surface area (Å²) in [4.78, 5) is 48.7. The molecule has 0 saturated heterocycles. The monoisotopic (exact) mass is 417 g/mol. The number of ether oxygens (including phenoxy) is 3. The average molecular weight is 417 g/mol. The van der Waals surface area contributed by atoms with Crippen LogP contribution in [-0.2, 0) is 33.4 Å². The second-order valence-corrected chi connectivity index (χ2v) is 9.69. The summed E-state index contributed by atoms with van der Waals surface area (Å²) in [5, 5.41) is 11.6. The van der Waals surface area contributed by atoms with Crippen molar-refractivity contribution >= 4 is 23.9 Å². The maximum absolute atomic E-state index is 12.6. The molecule has 0 amide bonds. The average Bonchev–Trinajstić information content (AvgIpc) is 2.40. The molecule has 0 aromatic rings. The van der Waals surface area contributed by atoms with E-state index < -0.39 is 52.8 Å². The molecule has 0 heterocycles. The van der Waals surface area contributed by atoms with E-state index in [2.05, 4.69) is 5.32 Å². The molecule has 9 nitrogen and oxygen atoms in total. The van der Waals surface area contributed by atoms with Crippen molar-refractivity contribution in [3.8, 4) is 0 Å². The first kappa shape index (κ1) is 26.8. The Balaban J connectivity index is 5.74. The normalized spacial score (nSPS) is 13.6. The van der Waals surface area contributed by atoms with Gasteiger partial charge in [0.2, 0.25) is 6.04 Å². The largest absolute Gasteiger partial charge is 0.481 e. The van der Waals surface area contributed by atoms with E-state index in [0.717, 1.165) is 0 Å². The van der Waals surface area contributed by atoms with Gasteiger partial charge >= 0.3 is 23.9 Å². The number of carbonyl (C=O) groups is 4. The van der Waals surface area contributed by atoms with Crippen molar-refractivity contribution in [2.24, 2.45) is 0 Å². The second-order valence-electron chi connectivity index (χ2n) is 9.69. The number of carbonyl (C=O) groups excluding carboxylic acids is 3. The van der Waals surface area contributed by atoms with E-state index in [4.69, 9.17) is 19.3 Å². The molecule has 0 aliphatic carbocycles. The van der Waals surface area contributed by atoms with Gasteiger partial charge in [-0.25, -0.2) is 9.59 Å². The quantitative estimate of drug-likeness (QED) is 0.347. The number of rotatable bonds is 8. The van der Waals surface area contributed by atoms with Gasteiger partial charge < -0.3 is 19.3 Å². The summed E-state index contributed by atoms with van der Waals surface area (Å²) < 4.78 is 15.8. The van der Waals surface area contributed by atoms with Gasteiger partial charge in [-0.05, 0) is 68.7 Å². The molecule has 0 saturated carbocycles. The third kappa shape index (κ3) is 12.8. The maximum atomic E-state index is 12.6. The SMILES string of the molecule is CC(C)(C)OC(=O)C(CCC(=O)O)NC(C(=O)OC(C)(C)C)C(=O)OC(C)(C)C. The molecule has 0 aliphatic heterocycles. The number of hydrogen-bond acceptors (Lipinski definition) is 8. The van der Waals surface area contributed by atoms with Crippen LogP contribution >= 0.6 is 0 Å². The number of carboxylic acid groups (broad SMARTS) is 1. The molecule has 0 fully saturated rings. The van der Waals surface area contributed by atoms with Crippen LogP contribution in [0.25, 0.3) is 0 Å². The molecule has 168 valence electrons. The highest BCUT2D eigenvalue weighted by Gasteiger charge is 2.39. The number of nitrogens with one attached hydrogen (secondary N) is 1. The molecule has 1 unspecified atom stereocenters. The van der Waals surface area contributed by atoms with E-state index in [9.17, 15) is 19.2 Å². The van der Waals surface area contributed by atoms with Gasteiger partial charge in [-0.2, -0.15) is 0 Å². The topological polar surface area (TPSA) is 128 Å². The fourth-order valence-corrected chi connectivity index (χ4v) is 2.06. The van der Waals surface area contributed by atoms with Gasteiger partial charge in [0, 0.05) is 6.42 Å². The summed E-state index contributed by atoms with van der Waals surface area (Å²) in [6, 6.07) is -2.85. The number of esters is 3. The molecule has 0 bridgehead atoms. The first-order chi connectivity index (χ1) is 12.8. The van der Waals surface area contributed by atoms with Crippen LogP contribution in [0.15, 0.2) is 0 Å². The van der Waals surface area contributed by atoms with E-state index in [1.54, 1.807) is 62.3 Å². The smallest absolute Gasteiger partial charge is 0.335 e. The van der Waals surface area contributed by atoms with Gasteiger partial charge in [0.25, 0.3) is 0 Å². The minimum absolute atomic E-state index is 0.188. The minimum Gasteiger partial charge on any atom is -0.481 e. The zero-order valence-electron chi connectivity index (χ0n) is 18.9. The van der Waals surface area contributed by atoms with E-state index in [-0.39, 0.29) is 12.8 Å². The highest BCUT2D eigenvalue weighted by molar-refractivity contribution is 6.00. The van der Waals surface area contributed by atoms with E-state index in [0.29, 0.717) is 0 Å². The van der Waals surface area contributed by atoms with Gasteiger partial charge in [0.15, 0.2) is 0 Å². The lowest BCUT2D eigenvalue weighted by molar-refractivity contribution is -0.171. The van der Waals surface area contributed by atoms with Crippen LogP contribution in [0.3, 0.4) is 0 Å². The molecule has 0 spiro atoms. The Morgan fingerprint density at radius 2 is 1.07 bits per heavy atom. The lowest BCUT2D eigenvalue weighted by Crippen LogP contribution is -2.55. The Labute approximate surface area is 172 Å². The minimum atomic E-state index is -1.63. The van der Waals surface area contributed by atoms with Crippen molar-refractivity contribution < 1.29 is 38.5 Å². The Kier molecular flexibility index (Phi) is 9.30. The summed E-state index contributed by atoms with van der Waals surface area (Å²) in [5.74, 6) is -3.78. The molecule has 0 rings (SSSR count). The lowest BCUT2D eigenvalue weighted by Gasteiger charge is -2.29. The first-order valence-electron chi connectivity index (χ1n) is 9.47. The van der Waals surface area contributed by atoms with Crippen LogP contribution in [0, 0.1) is 0 Å². The highest BCUT2D eigenvalue weighted by Crippen LogP contribution is 2.16. The Morgan fingerprint density at radius 1 is 0.724 bits per heavy atom. The van der Waals surface area contributed by atoms with Crippen LogP contribution in [-0.4, -0.2) is 57.9 Å². The summed E-state index contributed by atoms with van der Waals surface area (Å²) in [6.45, 7) is 14.7. The molecule has 1 atom stereocenters. The lowest BCUT2D eigenvalue weighted by atomic mass is 10.1. The Hall–Kier alpha value is -2.16. The third-order valence-corrected chi connectivity index (χ3v) is 2.99. The number of aliphatic carboxylic acids is 1. The van der Waals surface area contributed by atoms with Crippen molar-refractivity contribution in [3.05, 3.63) is 0 Å². The van der Waals surface area contributed by atoms with Crippen LogP contribution in [0.4, 0.5) is 0 Å². The zero-order valence-corrected chi connectivity index (χ0v) is 18.9. The molecule has 0 radical (unpaired) electrons. The Morgan fingerprint density at radius 3 is 1.38 bits per heavy atom. The molecule has 29 heavy (non-hydrogen) atoms. The van der Waals surface area contributed by atoms with Gasteiger partial charge in [-0.15, -0.1) is 0 Å². The molecule has 9 heteroatoms. The number of carboxylic acids is 1. The van der Waals surface area contributed by atoms with Crippen molar-refractivity contribution in [2.75, 3.05) is 0 Å². The van der Waals surface area contributed by atoms with Gasteiger partial charge in [0.05, 0.1) is 0 Å². The first-order valence-corrected chi connectivity index (χ1v) is 9.47. The summed E-state index contributed by atoms with van der Waals surface area (Å²) in [7, 11) is 0. The summed E-state index contributed by atoms with van der Waals surface area (Å²) in [5.41, 5.74) is -2.61. The van der Waals surface area contributed by atoms with Crippen LogP contribution in [0.5, 0.6) is 0 Å². The molecule has 0 aromatic heterocycles. The van der Waals surface area contributed by atoms with Crippen LogP contribution < -0.4 is 5.32 Å². The highest BCUT2D eigenvalue weighted by atomic mass is 16.6. The van der Waals surface area contributed by atoms with Crippen molar-refractivity contribution in [2.45, 2.75) is 104 Å². The molecule has 2 N–H and O–H groups in total. The van der Waals surface area contributed by atoms with E-state index >= 15 is 0 Å². The van der Waals surface area contributed by atoms with Crippen molar-refractivity contribution in [1.29, 1.82) is 0 Å². The van der Waals surface area contributed by atoms with Gasteiger partial charge in [-0.3, -0.25) is 14.9 Å². The third-order valence-electron chi connectivity index (χ3n) is 2.99. The van der Waals surface area contributed by atoms with Crippen molar-refractivity contribution in [3.63, 3.8) is 0 Å². The molecule has 0 aromatic carbocycles. The van der Waals surface area contributed by atoms with Crippen molar-refractivity contribution in [1.82, 2.24) is 5.32 Å². The van der Waals surface area contributed by atoms with Crippen LogP contribution in [0.1, 0.15) is 75.2 Å². The molecular formula is C20H35NO8. The van der Waals surface area contributed by atoms with E-state index in [1.807, 2.05) is 0 Å². The second kappa shape index (κ2) is 10.0. The predicted octanol–water partition coefficient (Wildman–Crippen LogP) is 2.20. The zero-order chi connectivity index (χ0) is 23.2. The number of hydrogen-bond donors (Lipinski definition) is 2. The molecular weight excluding hydrogens is 382 g/mol. The van der Waals surface area contributed by atoms with E-state index in [1.165, 1.54) is 0 Å². The van der Waals surface area contributed by atoms with Gasteiger partial charge in [0.1, 0.15) is 22.8 Å². The fraction of sp³-hybridized carbons (Fsp3) is 0.800. The predicted molar refractivity (Wildman–Crippen MR) is 105 cm³/mol.